The molecule has 3 rings (SSSR count). The molecule has 0 fully saturated rings. The Morgan fingerprint density at radius 2 is 1.81 bits per heavy atom. The number of aromatic nitrogens is 1. The Hall–Kier alpha value is -1.78. The van der Waals surface area contributed by atoms with Crippen molar-refractivity contribution in [3.05, 3.63) is 57.5 Å². The molecule has 3 aromatic rings. The summed E-state index contributed by atoms with van der Waals surface area (Å²) in [7, 11) is 0. The lowest BCUT2D eigenvalue weighted by molar-refractivity contribution is 0.439. The summed E-state index contributed by atoms with van der Waals surface area (Å²) in [6.45, 7) is 2.04. The van der Waals surface area contributed by atoms with Crippen LogP contribution >= 0.6 is 27.5 Å². The van der Waals surface area contributed by atoms with Crippen molar-refractivity contribution in [1.82, 2.24) is 5.16 Å². The monoisotopic (exact) mass is 362 g/mol. The van der Waals surface area contributed by atoms with Crippen LogP contribution < -0.4 is 5.73 Å². The summed E-state index contributed by atoms with van der Waals surface area (Å²) in [4.78, 5) is 0. The van der Waals surface area contributed by atoms with E-state index >= 15 is 0 Å². The van der Waals surface area contributed by atoms with Gasteiger partial charge in [-0.25, -0.2) is 0 Å². The van der Waals surface area contributed by atoms with E-state index in [4.69, 9.17) is 21.9 Å². The fourth-order valence-electron chi connectivity index (χ4n) is 2.19. The van der Waals surface area contributed by atoms with Gasteiger partial charge in [0.1, 0.15) is 5.69 Å². The van der Waals surface area contributed by atoms with Gasteiger partial charge in [-0.05, 0) is 30.7 Å². The zero-order valence-corrected chi connectivity index (χ0v) is 13.6. The molecule has 21 heavy (non-hydrogen) atoms. The first kappa shape index (κ1) is 14.2. The Morgan fingerprint density at radius 3 is 2.48 bits per heavy atom. The number of rotatable bonds is 2. The van der Waals surface area contributed by atoms with Crippen molar-refractivity contribution < 1.29 is 4.52 Å². The number of benzene rings is 2. The third-order valence-corrected chi connectivity index (χ3v) is 3.87. The maximum absolute atomic E-state index is 6.11. The lowest BCUT2D eigenvalue weighted by Crippen LogP contribution is -1.88. The normalized spacial score (nSPS) is 10.8. The van der Waals surface area contributed by atoms with E-state index in [1.54, 1.807) is 0 Å². The number of nitrogens with two attached hydrogens (primary N) is 1. The van der Waals surface area contributed by atoms with E-state index in [-0.39, 0.29) is 0 Å². The third-order valence-electron chi connectivity index (χ3n) is 3.19. The van der Waals surface area contributed by atoms with Crippen LogP contribution in [0.25, 0.3) is 22.4 Å². The van der Waals surface area contributed by atoms with Gasteiger partial charge in [0, 0.05) is 15.1 Å². The average Bonchev–Trinajstić information content (AvgIpc) is 2.80. The van der Waals surface area contributed by atoms with Gasteiger partial charge in [0.25, 0.3) is 0 Å². The van der Waals surface area contributed by atoms with E-state index in [0.717, 1.165) is 21.2 Å². The number of hydrogen-bond acceptors (Lipinski definition) is 3. The minimum atomic E-state index is 0.296. The minimum absolute atomic E-state index is 0.296. The molecule has 3 nitrogen and oxygen atoms in total. The van der Waals surface area contributed by atoms with Crippen LogP contribution in [0.2, 0.25) is 5.02 Å². The first-order valence-electron chi connectivity index (χ1n) is 6.33. The van der Waals surface area contributed by atoms with Gasteiger partial charge in [0.15, 0.2) is 0 Å². The van der Waals surface area contributed by atoms with E-state index < -0.39 is 0 Å². The van der Waals surface area contributed by atoms with Gasteiger partial charge >= 0.3 is 0 Å². The molecular formula is C16H12BrClN2O. The second-order valence-electron chi connectivity index (χ2n) is 4.79. The van der Waals surface area contributed by atoms with E-state index in [9.17, 15) is 0 Å². The SMILES string of the molecule is Cc1ccc(-c2c(-c3cc(Cl)cc(Br)c3)noc2N)cc1. The van der Waals surface area contributed by atoms with Crippen LogP contribution in [0.3, 0.4) is 0 Å². The quantitative estimate of drug-likeness (QED) is 0.671. The second-order valence-corrected chi connectivity index (χ2v) is 6.15. The van der Waals surface area contributed by atoms with Gasteiger partial charge in [0.05, 0.1) is 5.56 Å². The Bertz CT molecular complexity index is 776. The predicted molar refractivity (Wildman–Crippen MR) is 89.2 cm³/mol. The molecule has 0 unspecified atom stereocenters. The van der Waals surface area contributed by atoms with Crippen LogP contribution in [0, 0.1) is 6.92 Å². The van der Waals surface area contributed by atoms with Gasteiger partial charge in [-0.1, -0.05) is 62.5 Å². The Morgan fingerprint density at radius 1 is 1.10 bits per heavy atom. The fraction of sp³-hybridized carbons (Fsp3) is 0.0625. The van der Waals surface area contributed by atoms with Crippen LogP contribution in [0.1, 0.15) is 5.56 Å². The van der Waals surface area contributed by atoms with Crippen molar-refractivity contribution in [1.29, 1.82) is 0 Å². The molecule has 0 spiro atoms. The number of nitrogens with zero attached hydrogens (tertiary/aromatic N) is 1. The van der Waals surface area contributed by atoms with E-state index in [1.807, 2.05) is 49.4 Å². The van der Waals surface area contributed by atoms with Crippen LogP contribution in [0.15, 0.2) is 51.5 Å². The highest BCUT2D eigenvalue weighted by molar-refractivity contribution is 9.10. The smallest absolute Gasteiger partial charge is 0.230 e. The first-order chi connectivity index (χ1) is 10.0. The zero-order chi connectivity index (χ0) is 15.0. The molecule has 0 amide bonds. The summed E-state index contributed by atoms with van der Waals surface area (Å²) >= 11 is 9.54. The molecule has 2 N–H and O–H groups in total. The molecule has 1 aromatic heterocycles. The minimum Gasteiger partial charge on any atom is -0.367 e. The van der Waals surface area contributed by atoms with E-state index in [1.165, 1.54) is 5.56 Å². The van der Waals surface area contributed by atoms with Crippen LogP contribution in [0.4, 0.5) is 5.88 Å². The van der Waals surface area contributed by atoms with E-state index in [2.05, 4.69) is 21.1 Å². The lowest BCUT2D eigenvalue weighted by atomic mass is 10.00. The molecule has 1 heterocycles. The lowest BCUT2D eigenvalue weighted by Gasteiger charge is -2.05. The summed E-state index contributed by atoms with van der Waals surface area (Å²) in [6.07, 6.45) is 0. The summed E-state index contributed by atoms with van der Waals surface area (Å²) in [6, 6.07) is 13.6. The maximum Gasteiger partial charge on any atom is 0.230 e. The molecule has 2 aromatic carbocycles. The van der Waals surface area contributed by atoms with Gasteiger partial charge in [-0.15, -0.1) is 0 Å². The summed E-state index contributed by atoms with van der Waals surface area (Å²) in [5, 5.41) is 4.71. The van der Waals surface area contributed by atoms with E-state index in [0.29, 0.717) is 16.6 Å². The third kappa shape index (κ3) is 2.82. The number of anilines is 1. The number of halogens is 2. The molecule has 0 saturated heterocycles. The molecule has 0 atom stereocenters. The Labute approximate surface area is 135 Å². The molecule has 0 radical (unpaired) electrons. The highest BCUT2D eigenvalue weighted by Gasteiger charge is 2.18. The summed E-state index contributed by atoms with van der Waals surface area (Å²) < 4.78 is 6.06. The topological polar surface area (TPSA) is 52.0 Å². The molecule has 5 heteroatoms. The first-order valence-corrected chi connectivity index (χ1v) is 7.50. The molecular weight excluding hydrogens is 352 g/mol. The molecule has 0 bridgehead atoms. The van der Waals surface area contributed by atoms with Crippen molar-refractivity contribution in [3.8, 4) is 22.4 Å². The molecule has 0 aliphatic heterocycles. The second kappa shape index (κ2) is 5.54. The highest BCUT2D eigenvalue weighted by Crippen LogP contribution is 2.38. The molecule has 0 saturated carbocycles. The van der Waals surface area contributed by atoms with Gasteiger partial charge < -0.3 is 10.3 Å². The number of hydrogen-bond donors (Lipinski definition) is 1. The average molecular weight is 364 g/mol. The predicted octanol–water partition coefficient (Wildman–Crippen LogP) is 5.32. The standard InChI is InChI=1S/C16H12BrClN2O/c1-9-2-4-10(5-3-9)14-15(20-21-16(14)19)11-6-12(17)8-13(18)7-11/h2-8H,19H2,1H3. The summed E-state index contributed by atoms with van der Waals surface area (Å²) in [5.41, 5.74) is 10.4. The molecule has 106 valence electrons. The van der Waals surface area contributed by atoms with Crippen molar-refractivity contribution in [2.24, 2.45) is 0 Å². The van der Waals surface area contributed by atoms with Crippen LogP contribution in [-0.4, -0.2) is 5.16 Å². The summed E-state index contributed by atoms with van der Waals surface area (Å²) in [5.74, 6) is 0.296. The van der Waals surface area contributed by atoms with Crippen molar-refractivity contribution in [3.63, 3.8) is 0 Å². The maximum atomic E-state index is 6.11. The van der Waals surface area contributed by atoms with Crippen molar-refractivity contribution >= 4 is 33.4 Å². The Balaban J connectivity index is 2.19. The highest BCUT2D eigenvalue weighted by atomic mass is 79.9. The fourth-order valence-corrected chi connectivity index (χ4v) is 3.05. The largest absolute Gasteiger partial charge is 0.367 e. The van der Waals surface area contributed by atoms with Crippen molar-refractivity contribution in [2.75, 3.05) is 5.73 Å². The van der Waals surface area contributed by atoms with Crippen LogP contribution in [-0.2, 0) is 0 Å². The van der Waals surface area contributed by atoms with Gasteiger partial charge in [-0.2, -0.15) is 0 Å². The number of aryl methyl sites for hydroxylation is 1. The van der Waals surface area contributed by atoms with Gasteiger partial charge in [0.2, 0.25) is 5.88 Å². The molecule has 0 aliphatic carbocycles. The van der Waals surface area contributed by atoms with Crippen LogP contribution in [0.5, 0.6) is 0 Å². The number of nitrogen functional groups attached to an aromatic ring is 1. The van der Waals surface area contributed by atoms with Gasteiger partial charge in [-0.3, -0.25) is 0 Å². The Kier molecular flexibility index (Phi) is 3.74. The van der Waals surface area contributed by atoms with Crippen molar-refractivity contribution in [2.45, 2.75) is 6.92 Å². The molecule has 0 aliphatic rings. The zero-order valence-electron chi connectivity index (χ0n) is 11.2.